The molecule has 0 aromatic heterocycles. The minimum Gasteiger partial charge on any atom is -0.493 e. The smallest absolute Gasteiger partial charge is 0.251 e. The Bertz CT molecular complexity index is 1150. The molecule has 3 N–H and O–H groups in total. The maximum Gasteiger partial charge on any atom is 0.251 e. The summed E-state index contributed by atoms with van der Waals surface area (Å²) in [6.45, 7) is 2.89. The predicted octanol–water partition coefficient (Wildman–Crippen LogP) is 2.98. The highest BCUT2D eigenvalue weighted by atomic mass is 19.1. The molecule has 1 fully saturated rings. The Morgan fingerprint density at radius 1 is 1.03 bits per heavy atom. The molecule has 2 bridgehead atoms. The Hall–Kier alpha value is -3.66. The van der Waals surface area contributed by atoms with E-state index in [1.807, 2.05) is 4.90 Å². The topological polar surface area (TPSA) is 109 Å². The normalized spacial score (nSPS) is 18.2. The number of fused-ring (bicyclic) bond motifs is 13. The van der Waals surface area contributed by atoms with Crippen molar-refractivity contribution in [3.8, 4) is 17.2 Å². The highest BCUT2D eigenvalue weighted by Crippen LogP contribution is 2.34. The monoisotopic (exact) mass is 526 g/mol. The van der Waals surface area contributed by atoms with Crippen LogP contribution in [0.15, 0.2) is 36.4 Å². The SMILES string of the molecule is COc1cc2ccc1Oc1cccc(F)c1CNC(=O)CCCN(C(=O)C1CCNCC1)CCCNC2=O. The molecule has 5 rings (SSSR count). The lowest BCUT2D eigenvalue weighted by molar-refractivity contribution is -0.136. The van der Waals surface area contributed by atoms with Crippen LogP contribution in [-0.4, -0.2) is 62.5 Å². The van der Waals surface area contributed by atoms with E-state index in [1.165, 1.54) is 19.2 Å². The van der Waals surface area contributed by atoms with Crippen molar-refractivity contribution in [3.63, 3.8) is 0 Å². The maximum absolute atomic E-state index is 14.7. The number of nitrogens with one attached hydrogen (secondary N) is 3. The first-order valence-electron chi connectivity index (χ1n) is 13.1. The van der Waals surface area contributed by atoms with Gasteiger partial charge in [-0.25, -0.2) is 4.39 Å². The van der Waals surface area contributed by atoms with E-state index < -0.39 is 5.82 Å². The van der Waals surface area contributed by atoms with E-state index in [2.05, 4.69) is 16.0 Å². The van der Waals surface area contributed by atoms with Crippen LogP contribution in [0.1, 0.15) is 48.0 Å². The van der Waals surface area contributed by atoms with E-state index >= 15 is 0 Å². The van der Waals surface area contributed by atoms with Crippen LogP contribution in [0.3, 0.4) is 0 Å². The lowest BCUT2D eigenvalue weighted by atomic mass is 9.96. The van der Waals surface area contributed by atoms with Crippen molar-refractivity contribution in [2.75, 3.05) is 39.8 Å². The van der Waals surface area contributed by atoms with Crippen molar-refractivity contribution in [2.24, 2.45) is 5.92 Å². The van der Waals surface area contributed by atoms with E-state index in [4.69, 9.17) is 9.47 Å². The number of rotatable bonds is 2. The van der Waals surface area contributed by atoms with Crippen molar-refractivity contribution in [3.05, 3.63) is 53.3 Å². The molecule has 9 nitrogen and oxygen atoms in total. The summed E-state index contributed by atoms with van der Waals surface area (Å²) in [5.41, 5.74) is 0.590. The van der Waals surface area contributed by atoms with Crippen LogP contribution in [0.25, 0.3) is 0 Å². The fraction of sp³-hybridized carbons (Fsp3) is 0.464. The first-order chi connectivity index (χ1) is 18.5. The molecule has 204 valence electrons. The first-order valence-corrected chi connectivity index (χ1v) is 13.1. The average molecular weight is 527 g/mol. The van der Waals surface area contributed by atoms with Gasteiger partial charge in [-0.15, -0.1) is 0 Å². The maximum atomic E-state index is 14.7. The number of nitrogens with zero attached hydrogens (tertiary/aromatic N) is 1. The lowest BCUT2D eigenvalue weighted by Crippen LogP contribution is -2.42. The van der Waals surface area contributed by atoms with Gasteiger partial charge in [0.1, 0.15) is 11.6 Å². The summed E-state index contributed by atoms with van der Waals surface area (Å²) in [6.07, 6.45) is 2.85. The molecule has 3 aliphatic rings. The molecule has 2 aromatic carbocycles. The number of benzene rings is 2. The summed E-state index contributed by atoms with van der Waals surface area (Å²) in [4.78, 5) is 40.4. The average Bonchev–Trinajstić information content (AvgIpc) is 2.93. The van der Waals surface area contributed by atoms with Gasteiger partial charge in [0.2, 0.25) is 11.8 Å². The zero-order chi connectivity index (χ0) is 26.9. The summed E-state index contributed by atoms with van der Waals surface area (Å²) in [7, 11) is 1.46. The third-order valence-electron chi connectivity index (χ3n) is 6.91. The van der Waals surface area contributed by atoms with Crippen LogP contribution in [0.4, 0.5) is 4.39 Å². The Balaban J connectivity index is 1.55. The highest BCUT2D eigenvalue weighted by molar-refractivity contribution is 5.94. The number of carbonyl (C=O) groups is 3. The minimum atomic E-state index is -0.512. The third kappa shape index (κ3) is 7.00. The lowest BCUT2D eigenvalue weighted by Gasteiger charge is -2.30. The van der Waals surface area contributed by atoms with Gasteiger partial charge in [-0.2, -0.15) is 0 Å². The standard InChI is InChI=1S/C28H35FN4O5/c1-37-25-17-20-8-9-24(25)38-23-6-2-5-22(29)21(23)18-32-26(34)7-3-15-33(16-4-12-31-27(20)35)28(36)19-10-13-30-14-11-19/h2,5-6,8-9,17,19,30H,3-4,7,10-16,18H2,1H3,(H,31,35)(H,32,34). The Morgan fingerprint density at radius 3 is 2.61 bits per heavy atom. The molecule has 3 aliphatic heterocycles. The molecule has 38 heavy (non-hydrogen) atoms. The number of piperidine rings is 1. The Labute approximate surface area is 222 Å². The molecule has 3 amide bonds. The molecule has 2 aromatic rings. The summed E-state index contributed by atoms with van der Waals surface area (Å²) in [6, 6.07) is 9.19. The highest BCUT2D eigenvalue weighted by Gasteiger charge is 2.26. The number of amides is 3. The molecular formula is C28H35FN4O5. The number of ether oxygens (including phenoxy) is 2. The molecular weight excluding hydrogens is 491 g/mol. The van der Waals surface area contributed by atoms with Gasteiger partial charge in [0.15, 0.2) is 11.5 Å². The first kappa shape index (κ1) is 27.4. The van der Waals surface area contributed by atoms with Gasteiger partial charge in [0, 0.05) is 49.6 Å². The van der Waals surface area contributed by atoms with E-state index in [0.29, 0.717) is 49.5 Å². The Morgan fingerprint density at radius 2 is 1.82 bits per heavy atom. The zero-order valence-corrected chi connectivity index (χ0v) is 21.7. The van der Waals surface area contributed by atoms with Crippen LogP contribution in [0, 0.1) is 11.7 Å². The Kier molecular flexibility index (Phi) is 9.53. The van der Waals surface area contributed by atoms with Gasteiger partial charge in [-0.1, -0.05) is 6.07 Å². The second kappa shape index (κ2) is 13.2. The van der Waals surface area contributed by atoms with Gasteiger partial charge in [0.25, 0.3) is 5.91 Å². The van der Waals surface area contributed by atoms with Crippen molar-refractivity contribution in [2.45, 2.75) is 38.6 Å². The third-order valence-corrected chi connectivity index (χ3v) is 6.91. The molecule has 0 unspecified atom stereocenters. The number of methoxy groups -OCH3 is 1. The zero-order valence-electron chi connectivity index (χ0n) is 21.7. The van der Waals surface area contributed by atoms with E-state index in [0.717, 1.165) is 25.9 Å². The van der Waals surface area contributed by atoms with Crippen molar-refractivity contribution >= 4 is 17.7 Å². The van der Waals surface area contributed by atoms with Crippen LogP contribution >= 0.6 is 0 Å². The van der Waals surface area contributed by atoms with E-state index in [9.17, 15) is 18.8 Å². The summed E-state index contributed by atoms with van der Waals surface area (Å²) in [5, 5.41) is 8.95. The summed E-state index contributed by atoms with van der Waals surface area (Å²) in [5.74, 6) is -0.101. The van der Waals surface area contributed by atoms with E-state index in [1.54, 1.807) is 24.3 Å². The van der Waals surface area contributed by atoms with Crippen LogP contribution in [0.5, 0.6) is 17.2 Å². The minimum absolute atomic E-state index is 0.0354. The predicted molar refractivity (Wildman–Crippen MR) is 140 cm³/mol. The van der Waals surface area contributed by atoms with Crippen molar-refractivity contribution in [1.82, 2.24) is 20.9 Å². The van der Waals surface area contributed by atoms with Crippen molar-refractivity contribution < 1.29 is 28.2 Å². The fourth-order valence-corrected chi connectivity index (χ4v) is 4.76. The molecule has 0 spiro atoms. The largest absolute Gasteiger partial charge is 0.493 e. The van der Waals surface area contributed by atoms with E-state index in [-0.39, 0.29) is 47.9 Å². The van der Waals surface area contributed by atoms with Crippen LogP contribution in [-0.2, 0) is 16.1 Å². The number of hydrogen-bond donors (Lipinski definition) is 3. The summed E-state index contributed by atoms with van der Waals surface area (Å²) >= 11 is 0. The molecule has 0 radical (unpaired) electrons. The van der Waals surface area contributed by atoms with Gasteiger partial charge in [-0.3, -0.25) is 14.4 Å². The molecule has 1 saturated heterocycles. The van der Waals surface area contributed by atoms with Crippen LogP contribution in [0.2, 0.25) is 0 Å². The van der Waals surface area contributed by atoms with Crippen LogP contribution < -0.4 is 25.4 Å². The van der Waals surface area contributed by atoms with Crippen molar-refractivity contribution in [1.29, 1.82) is 0 Å². The quantitative estimate of drug-likeness (QED) is 0.555. The molecule has 3 heterocycles. The summed E-state index contributed by atoms with van der Waals surface area (Å²) < 4.78 is 26.1. The number of carbonyl (C=O) groups excluding carboxylic acids is 3. The number of hydrogen-bond acceptors (Lipinski definition) is 6. The van der Waals surface area contributed by atoms with Gasteiger partial charge in [-0.05, 0) is 69.1 Å². The molecule has 0 atom stereocenters. The van der Waals surface area contributed by atoms with Gasteiger partial charge >= 0.3 is 0 Å². The second-order valence-corrected chi connectivity index (χ2v) is 9.52. The molecule has 0 aliphatic carbocycles. The van der Waals surface area contributed by atoms with Gasteiger partial charge in [0.05, 0.1) is 7.11 Å². The molecule has 10 heteroatoms. The number of halogens is 1. The second-order valence-electron chi connectivity index (χ2n) is 9.52. The van der Waals surface area contributed by atoms with Gasteiger partial charge < -0.3 is 30.3 Å². The molecule has 0 saturated carbocycles. The fourth-order valence-electron chi connectivity index (χ4n) is 4.76.